The minimum atomic E-state index is 0.117. The second-order valence-electron chi connectivity index (χ2n) is 4.54. The Labute approximate surface area is 117 Å². The van der Waals surface area contributed by atoms with Gasteiger partial charge in [0.1, 0.15) is 5.75 Å². The predicted molar refractivity (Wildman–Crippen MR) is 75.4 cm³/mol. The predicted octanol–water partition coefficient (Wildman–Crippen LogP) is 1.53. The standard InChI is InChI=1S/C13H19N5O2/c1-9(6-7-19-2)18-13(15-16-17-18)11-8-10(14)4-5-12(11)20-3/h4-5,8-9H,6-7,14H2,1-3H3. The molecule has 7 nitrogen and oxygen atoms in total. The third-order valence-corrected chi connectivity index (χ3v) is 3.11. The quantitative estimate of drug-likeness (QED) is 0.805. The highest BCUT2D eigenvalue weighted by Crippen LogP contribution is 2.31. The van der Waals surface area contributed by atoms with Crippen LogP contribution in [0.5, 0.6) is 5.75 Å². The van der Waals surface area contributed by atoms with Crippen LogP contribution in [-0.4, -0.2) is 41.0 Å². The molecule has 0 amide bonds. The molecule has 0 bridgehead atoms. The molecule has 7 heteroatoms. The molecule has 0 radical (unpaired) electrons. The van der Waals surface area contributed by atoms with Crippen molar-refractivity contribution < 1.29 is 9.47 Å². The molecular formula is C13H19N5O2. The highest BCUT2D eigenvalue weighted by Gasteiger charge is 2.18. The number of nitrogens with two attached hydrogens (primary N) is 1. The summed E-state index contributed by atoms with van der Waals surface area (Å²) in [5.74, 6) is 1.33. The summed E-state index contributed by atoms with van der Waals surface area (Å²) in [6, 6.07) is 5.52. The van der Waals surface area contributed by atoms with E-state index in [1.165, 1.54) is 0 Å². The van der Waals surface area contributed by atoms with Gasteiger partial charge in [0.05, 0.1) is 18.7 Å². The summed E-state index contributed by atoms with van der Waals surface area (Å²) in [6.07, 6.45) is 0.819. The maximum absolute atomic E-state index is 5.84. The highest BCUT2D eigenvalue weighted by atomic mass is 16.5. The third-order valence-electron chi connectivity index (χ3n) is 3.11. The fraction of sp³-hybridized carbons (Fsp3) is 0.462. The fourth-order valence-electron chi connectivity index (χ4n) is 1.98. The summed E-state index contributed by atoms with van der Waals surface area (Å²) in [4.78, 5) is 0. The number of anilines is 1. The average molecular weight is 277 g/mol. The Morgan fingerprint density at radius 3 is 2.85 bits per heavy atom. The first-order valence-corrected chi connectivity index (χ1v) is 6.38. The smallest absolute Gasteiger partial charge is 0.186 e. The van der Waals surface area contributed by atoms with Crippen molar-refractivity contribution >= 4 is 5.69 Å². The van der Waals surface area contributed by atoms with Crippen LogP contribution in [0.2, 0.25) is 0 Å². The summed E-state index contributed by atoms with van der Waals surface area (Å²) < 4.78 is 12.2. The van der Waals surface area contributed by atoms with Gasteiger partial charge in [0.25, 0.3) is 0 Å². The molecule has 0 aliphatic heterocycles. The molecule has 0 saturated carbocycles. The highest BCUT2D eigenvalue weighted by molar-refractivity contribution is 5.68. The zero-order valence-corrected chi connectivity index (χ0v) is 11.9. The first-order chi connectivity index (χ1) is 9.67. The second kappa shape index (κ2) is 6.33. The molecule has 1 aromatic carbocycles. The van der Waals surface area contributed by atoms with Crippen LogP contribution in [0.25, 0.3) is 11.4 Å². The van der Waals surface area contributed by atoms with Crippen LogP contribution >= 0.6 is 0 Å². The van der Waals surface area contributed by atoms with Crippen LogP contribution in [0.4, 0.5) is 5.69 Å². The Morgan fingerprint density at radius 2 is 2.15 bits per heavy atom. The topological polar surface area (TPSA) is 88.1 Å². The van der Waals surface area contributed by atoms with E-state index in [2.05, 4.69) is 15.5 Å². The van der Waals surface area contributed by atoms with Gasteiger partial charge in [0.2, 0.25) is 0 Å². The first-order valence-electron chi connectivity index (χ1n) is 6.38. The number of methoxy groups -OCH3 is 2. The van der Waals surface area contributed by atoms with Crippen molar-refractivity contribution in [1.29, 1.82) is 0 Å². The molecule has 1 unspecified atom stereocenters. The average Bonchev–Trinajstić information content (AvgIpc) is 2.94. The van der Waals surface area contributed by atoms with Gasteiger partial charge in [-0.3, -0.25) is 0 Å². The molecule has 2 aromatic rings. The van der Waals surface area contributed by atoms with E-state index in [0.717, 1.165) is 12.0 Å². The van der Waals surface area contributed by atoms with Gasteiger partial charge in [-0.25, -0.2) is 4.68 Å². The van der Waals surface area contributed by atoms with Crippen LogP contribution in [0.15, 0.2) is 18.2 Å². The Morgan fingerprint density at radius 1 is 1.35 bits per heavy atom. The van der Waals surface area contributed by atoms with E-state index in [1.807, 2.05) is 19.1 Å². The fourth-order valence-corrected chi connectivity index (χ4v) is 1.98. The summed E-state index contributed by atoms with van der Waals surface area (Å²) in [7, 11) is 3.28. The number of ether oxygens (including phenoxy) is 2. The summed E-state index contributed by atoms with van der Waals surface area (Å²) >= 11 is 0. The van der Waals surface area contributed by atoms with E-state index in [-0.39, 0.29) is 6.04 Å². The minimum absolute atomic E-state index is 0.117. The Hall–Kier alpha value is -2.15. The maximum atomic E-state index is 5.84. The van der Waals surface area contributed by atoms with Crippen molar-refractivity contribution in [3.05, 3.63) is 18.2 Å². The minimum Gasteiger partial charge on any atom is -0.496 e. The molecule has 1 heterocycles. The van der Waals surface area contributed by atoms with Gasteiger partial charge >= 0.3 is 0 Å². The van der Waals surface area contributed by atoms with Crippen molar-refractivity contribution in [3.8, 4) is 17.1 Å². The van der Waals surface area contributed by atoms with Crippen molar-refractivity contribution in [1.82, 2.24) is 20.2 Å². The van der Waals surface area contributed by atoms with E-state index in [4.69, 9.17) is 15.2 Å². The lowest BCUT2D eigenvalue weighted by Crippen LogP contribution is -2.11. The van der Waals surface area contributed by atoms with Crippen molar-refractivity contribution in [3.63, 3.8) is 0 Å². The lowest BCUT2D eigenvalue weighted by Gasteiger charge is -2.14. The molecule has 108 valence electrons. The number of nitrogens with zero attached hydrogens (tertiary/aromatic N) is 4. The number of nitrogen functional groups attached to an aromatic ring is 1. The summed E-state index contributed by atoms with van der Waals surface area (Å²) in [5, 5.41) is 11.9. The van der Waals surface area contributed by atoms with Crippen LogP contribution in [0, 0.1) is 0 Å². The van der Waals surface area contributed by atoms with Gasteiger partial charge in [-0.2, -0.15) is 0 Å². The van der Waals surface area contributed by atoms with Gasteiger partial charge in [-0.05, 0) is 42.0 Å². The molecule has 0 aliphatic carbocycles. The van der Waals surface area contributed by atoms with Crippen molar-refractivity contribution in [2.75, 3.05) is 26.6 Å². The maximum Gasteiger partial charge on any atom is 0.186 e. The Kier molecular flexibility index (Phi) is 4.52. The normalized spacial score (nSPS) is 12.3. The number of benzene rings is 1. The van der Waals surface area contributed by atoms with Gasteiger partial charge in [-0.15, -0.1) is 5.10 Å². The molecular weight excluding hydrogens is 258 g/mol. The lowest BCUT2D eigenvalue weighted by atomic mass is 10.1. The molecule has 1 aromatic heterocycles. The third kappa shape index (κ3) is 2.88. The molecule has 0 saturated heterocycles. The molecule has 2 rings (SSSR count). The van der Waals surface area contributed by atoms with Crippen LogP contribution in [0.1, 0.15) is 19.4 Å². The molecule has 0 fully saturated rings. The molecule has 2 N–H and O–H groups in total. The Bertz CT molecular complexity index is 570. The van der Waals surface area contributed by atoms with E-state index in [9.17, 15) is 0 Å². The molecule has 20 heavy (non-hydrogen) atoms. The number of rotatable bonds is 6. The largest absolute Gasteiger partial charge is 0.496 e. The first kappa shape index (κ1) is 14.3. The van der Waals surface area contributed by atoms with Gasteiger partial charge in [0.15, 0.2) is 5.82 Å². The summed E-state index contributed by atoms with van der Waals surface area (Å²) in [5.41, 5.74) is 7.26. The number of hydrogen-bond acceptors (Lipinski definition) is 6. The zero-order chi connectivity index (χ0) is 14.5. The van der Waals surface area contributed by atoms with E-state index >= 15 is 0 Å². The SMILES string of the molecule is COCCC(C)n1nnnc1-c1cc(N)ccc1OC. The van der Waals surface area contributed by atoms with E-state index < -0.39 is 0 Å². The van der Waals surface area contributed by atoms with Crippen LogP contribution in [0.3, 0.4) is 0 Å². The zero-order valence-electron chi connectivity index (χ0n) is 11.9. The number of hydrogen-bond donors (Lipinski definition) is 1. The van der Waals surface area contributed by atoms with E-state index in [0.29, 0.717) is 23.9 Å². The number of tetrazole rings is 1. The van der Waals surface area contributed by atoms with Gasteiger partial charge in [-0.1, -0.05) is 0 Å². The van der Waals surface area contributed by atoms with Gasteiger partial charge < -0.3 is 15.2 Å². The summed E-state index contributed by atoms with van der Waals surface area (Å²) in [6.45, 7) is 2.69. The van der Waals surface area contributed by atoms with E-state index in [1.54, 1.807) is 25.0 Å². The Balaban J connectivity index is 2.39. The van der Waals surface area contributed by atoms with Crippen molar-refractivity contribution in [2.24, 2.45) is 0 Å². The van der Waals surface area contributed by atoms with Crippen LogP contribution < -0.4 is 10.5 Å². The second-order valence-corrected chi connectivity index (χ2v) is 4.54. The monoisotopic (exact) mass is 277 g/mol. The number of aromatic nitrogens is 4. The van der Waals surface area contributed by atoms with Crippen molar-refractivity contribution in [2.45, 2.75) is 19.4 Å². The van der Waals surface area contributed by atoms with Crippen LogP contribution in [-0.2, 0) is 4.74 Å². The molecule has 0 spiro atoms. The lowest BCUT2D eigenvalue weighted by molar-refractivity contribution is 0.178. The molecule has 0 aliphatic rings. The molecule has 1 atom stereocenters. The van der Waals surface area contributed by atoms with Gasteiger partial charge in [0, 0.05) is 19.4 Å².